The summed E-state index contributed by atoms with van der Waals surface area (Å²) in [7, 11) is 1.82. The fraction of sp³-hybridized carbons (Fsp3) is 0.652. The van der Waals surface area contributed by atoms with Crippen molar-refractivity contribution < 1.29 is 4.79 Å². The van der Waals surface area contributed by atoms with Gasteiger partial charge in [0.1, 0.15) is 0 Å². The van der Waals surface area contributed by atoms with Crippen LogP contribution in [0.15, 0.2) is 35.3 Å². The van der Waals surface area contributed by atoms with E-state index >= 15 is 0 Å². The Hall–Kier alpha value is -1.31. The van der Waals surface area contributed by atoms with Gasteiger partial charge in [0.2, 0.25) is 5.91 Å². The maximum Gasteiger partial charge on any atom is 0.225 e. The fourth-order valence-electron chi connectivity index (χ4n) is 4.54. The fourth-order valence-corrected chi connectivity index (χ4v) is 4.54. The lowest BCUT2D eigenvalue weighted by Gasteiger charge is -2.25. The van der Waals surface area contributed by atoms with E-state index in [4.69, 9.17) is 0 Å². The molecule has 2 fully saturated rings. The Kier molecular flexibility index (Phi) is 9.72. The molecule has 0 bridgehead atoms. The molecule has 1 saturated heterocycles. The van der Waals surface area contributed by atoms with Crippen LogP contribution < -0.4 is 10.6 Å². The Morgan fingerprint density at radius 1 is 1.17 bits per heavy atom. The number of likely N-dealkylation sites (tertiary alicyclic amines) is 1. The van der Waals surface area contributed by atoms with Crippen LogP contribution in [0.3, 0.4) is 0 Å². The van der Waals surface area contributed by atoms with Gasteiger partial charge in [0.25, 0.3) is 0 Å². The van der Waals surface area contributed by atoms with Gasteiger partial charge in [0.05, 0.1) is 0 Å². The summed E-state index contributed by atoms with van der Waals surface area (Å²) in [6, 6.07) is 11.0. The molecule has 1 aliphatic carbocycles. The highest BCUT2D eigenvalue weighted by atomic mass is 127. The van der Waals surface area contributed by atoms with E-state index in [1.165, 1.54) is 18.4 Å². The first-order valence-corrected chi connectivity index (χ1v) is 10.9. The number of rotatable bonds is 6. The number of nitrogens with zero attached hydrogens (tertiary/aromatic N) is 2. The molecule has 0 radical (unpaired) electrons. The summed E-state index contributed by atoms with van der Waals surface area (Å²) in [5, 5.41) is 7.04. The third kappa shape index (κ3) is 6.59. The second-order valence-corrected chi connectivity index (χ2v) is 8.61. The zero-order valence-electron chi connectivity index (χ0n) is 18.1. The van der Waals surface area contributed by atoms with E-state index in [2.05, 4.69) is 64.7 Å². The van der Waals surface area contributed by atoms with Gasteiger partial charge in [-0.2, -0.15) is 0 Å². The van der Waals surface area contributed by atoms with Crippen molar-refractivity contribution in [3.05, 3.63) is 35.9 Å². The molecular formula is C23H37IN4O. The number of hydrogen-bond acceptors (Lipinski definition) is 2. The maximum atomic E-state index is 12.6. The van der Waals surface area contributed by atoms with E-state index in [1.807, 2.05) is 7.05 Å². The lowest BCUT2D eigenvalue weighted by atomic mass is 9.88. The Balaban J connectivity index is 0.00000300. The Morgan fingerprint density at radius 3 is 2.48 bits per heavy atom. The molecule has 2 atom stereocenters. The van der Waals surface area contributed by atoms with Gasteiger partial charge >= 0.3 is 0 Å². The number of hydrogen-bond donors (Lipinski definition) is 2. The van der Waals surface area contributed by atoms with Crippen molar-refractivity contribution in [1.29, 1.82) is 0 Å². The van der Waals surface area contributed by atoms with Crippen LogP contribution in [0.25, 0.3) is 0 Å². The van der Waals surface area contributed by atoms with E-state index in [1.54, 1.807) is 0 Å². The highest BCUT2D eigenvalue weighted by molar-refractivity contribution is 14.0. The number of carbonyl (C=O) groups excluding carboxylic acids is 1. The number of guanidine groups is 1. The van der Waals surface area contributed by atoms with Gasteiger partial charge in [0.15, 0.2) is 5.96 Å². The summed E-state index contributed by atoms with van der Waals surface area (Å²) in [5.74, 6) is 2.45. The van der Waals surface area contributed by atoms with Gasteiger partial charge in [-0.05, 0) is 30.7 Å². The molecule has 5 nitrogen and oxygen atoms in total. The van der Waals surface area contributed by atoms with E-state index in [9.17, 15) is 4.79 Å². The van der Waals surface area contributed by atoms with Crippen molar-refractivity contribution in [2.45, 2.75) is 57.9 Å². The standard InChI is InChI=1S/C23H36N4O.HI/c1-17(2)21(18-9-5-4-6-10-18)15-25-23(24-3)26-20-13-14-27(16-20)22(28)19-11-7-8-12-19;/h4-6,9-10,17,19-21H,7-8,11-16H2,1-3H3,(H2,24,25,26);1H. The number of carbonyl (C=O) groups is 1. The number of halogens is 1. The van der Waals surface area contributed by atoms with E-state index < -0.39 is 0 Å². The maximum absolute atomic E-state index is 12.6. The van der Waals surface area contributed by atoms with Crippen molar-refractivity contribution in [1.82, 2.24) is 15.5 Å². The second kappa shape index (κ2) is 11.8. The van der Waals surface area contributed by atoms with E-state index in [0.717, 1.165) is 44.9 Å². The second-order valence-electron chi connectivity index (χ2n) is 8.61. The van der Waals surface area contributed by atoms with E-state index in [0.29, 0.717) is 17.7 Å². The number of aliphatic imine (C=N–C) groups is 1. The minimum atomic E-state index is 0. The zero-order chi connectivity index (χ0) is 19.9. The molecular weight excluding hydrogens is 475 g/mol. The monoisotopic (exact) mass is 512 g/mol. The minimum Gasteiger partial charge on any atom is -0.356 e. The van der Waals surface area contributed by atoms with Crippen LogP contribution in [-0.4, -0.2) is 49.5 Å². The zero-order valence-corrected chi connectivity index (χ0v) is 20.4. The summed E-state index contributed by atoms with van der Waals surface area (Å²) in [6.07, 6.45) is 5.56. The van der Waals surface area contributed by atoms with Crippen LogP contribution in [0, 0.1) is 11.8 Å². The Bertz CT molecular complexity index is 658. The molecule has 0 aromatic heterocycles. The van der Waals surface area contributed by atoms with Crippen LogP contribution in [0.2, 0.25) is 0 Å². The summed E-state index contributed by atoms with van der Waals surface area (Å²) in [5.41, 5.74) is 1.36. The van der Waals surface area contributed by atoms with Crippen LogP contribution in [-0.2, 0) is 4.79 Å². The smallest absolute Gasteiger partial charge is 0.225 e. The third-order valence-electron chi connectivity index (χ3n) is 6.29. The predicted molar refractivity (Wildman–Crippen MR) is 131 cm³/mol. The van der Waals surface area contributed by atoms with Crippen LogP contribution in [0.5, 0.6) is 0 Å². The topological polar surface area (TPSA) is 56.7 Å². The predicted octanol–water partition coefficient (Wildman–Crippen LogP) is 4.00. The summed E-state index contributed by atoms with van der Waals surface area (Å²) in [4.78, 5) is 19.1. The molecule has 162 valence electrons. The van der Waals surface area contributed by atoms with Gasteiger partial charge in [-0.25, -0.2) is 0 Å². The number of benzene rings is 1. The van der Waals surface area contributed by atoms with Crippen molar-refractivity contribution in [2.75, 3.05) is 26.7 Å². The Morgan fingerprint density at radius 2 is 1.86 bits per heavy atom. The average Bonchev–Trinajstić information content (AvgIpc) is 3.39. The third-order valence-corrected chi connectivity index (χ3v) is 6.29. The summed E-state index contributed by atoms with van der Waals surface area (Å²) < 4.78 is 0. The van der Waals surface area contributed by atoms with Crippen LogP contribution in [0.1, 0.15) is 57.4 Å². The molecule has 2 aliphatic rings. The quantitative estimate of drug-likeness (QED) is 0.344. The van der Waals surface area contributed by atoms with Crippen molar-refractivity contribution in [3.8, 4) is 0 Å². The molecule has 1 amide bonds. The van der Waals surface area contributed by atoms with E-state index in [-0.39, 0.29) is 35.9 Å². The van der Waals surface area contributed by atoms with Gasteiger partial charge in [-0.1, -0.05) is 57.0 Å². The molecule has 1 aromatic rings. The first-order valence-electron chi connectivity index (χ1n) is 10.9. The molecule has 1 aromatic carbocycles. The number of nitrogens with one attached hydrogen (secondary N) is 2. The molecule has 2 unspecified atom stereocenters. The molecule has 1 saturated carbocycles. The molecule has 6 heteroatoms. The highest BCUT2D eigenvalue weighted by Gasteiger charge is 2.32. The molecule has 0 spiro atoms. The Labute approximate surface area is 193 Å². The van der Waals surface area contributed by atoms with Gasteiger partial charge in [-0.15, -0.1) is 24.0 Å². The normalized spacial score (nSPS) is 21.2. The van der Waals surface area contributed by atoms with Gasteiger partial charge in [-0.3, -0.25) is 9.79 Å². The largest absolute Gasteiger partial charge is 0.356 e. The minimum absolute atomic E-state index is 0. The summed E-state index contributed by atoms with van der Waals surface area (Å²) in [6.45, 7) is 7.03. The molecule has 2 N–H and O–H groups in total. The molecule has 1 heterocycles. The average molecular weight is 512 g/mol. The van der Waals surface area contributed by atoms with Crippen molar-refractivity contribution in [3.63, 3.8) is 0 Å². The lowest BCUT2D eigenvalue weighted by Crippen LogP contribution is -2.46. The number of amides is 1. The van der Waals surface area contributed by atoms with Gasteiger partial charge in [0, 0.05) is 44.6 Å². The SMILES string of the molecule is CN=C(NCC(c1ccccc1)C(C)C)NC1CCN(C(=O)C2CCCC2)C1.I. The van der Waals surface area contributed by atoms with Crippen molar-refractivity contribution in [2.24, 2.45) is 16.8 Å². The molecule has 1 aliphatic heterocycles. The molecule has 3 rings (SSSR count). The highest BCUT2D eigenvalue weighted by Crippen LogP contribution is 2.28. The van der Waals surface area contributed by atoms with Crippen LogP contribution >= 0.6 is 24.0 Å². The van der Waals surface area contributed by atoms with Crippen LogP contribution in [0.4, 0.5) is 0 Å². The lowest BCUT2D eigenvalue weighted by molar-refractivity contribution is -0.134. The van der Waals surface area contributed by atoms with Crippen molar-refractivity contribution >= 4 is 35.8 Å². The first kappa shape index (κ1) is 24.0. The summed E-state index contributed by atoms with van der Waals surface area (Å²) >= 11 is 0. The van der Waals surface area contributed by atoms with Gasteiger partial charge < -0.3 is 15.5 Å². The first-order chi connectivity index (χ1) is 13.6. The molecule has 29 heavy (non-hydrogen) atoms.